The number of rotatable bonds is 7. The molecule has 86 valence electrons. The molecule has 0 radical (unpaired) electrons. The first-order valence-corrected chi connectivity index (χ1v) is 7.39. The molecule has 0 atom stereocenters. The minimum absolute atomic E-state index is 0.636. The lowest BCUT2D eigenvalue weighted by Gasteiger charge is -2.05. The van der Waals surface area contributed by atoms with E-state index < -0.39 is 0 Å². The fourth-order valence-electron chi connectivity index (χ4n) is 1.22. The zero-order chi connectivity index (χ0) is 11.1. The lowest BCUT2D eigenvalue weighted by molar-refractivity contribution is 0.627. The topological polar surface area (TPSA) is 56.7 Å². The maximum absolute atomic E-state index is 5.54. The zero-order valence-electron chi connectivity index (χ0n) is 9.27. The molecule has 0 saturated carbocycles. The largest absolute Gasteiger partial charge is 0.329 e. The highest BCUT2D eigenvalue weighted by Gasteiger charge is 2.07. The van der Waals surface area contributed by atoms with Gasteiger partial charge in [0.2, 0.25) is 0 Å². The van der Waals surface area contributed by atoms with Crippen LogP contribution in [0.3, 0.4) is 0 Å². The fourth-order valence-corrected chi connectivity index (χ4v) is 2.79. The highest BCUT2D eigenvalue weighted by atomic mass is 32.2. The third kappa shape index (κ3) is 4.04. The van der Waals surface area contributed by atoms with Crippen LogP contribution in [0.2, 0.25) is 0 Å². The van der Waals surface area contributed by atoms with Crippen LogP contribution in [0, 0.1) is 6.92 Å². The van der Waals surface area contributed by atoms with E-state index in [1.165, 1.54) is 12.2 Å². The van der Waals surface area contributed by atoms with Gasteiger partial charge in [0.1, 0.15) is 5.82 Å². The van der Waals surface area contributed by atoms with Gasteiger partial charge in [0.05, 0.1) is 0 Å². The Morgan fingerprint density at radius 1 is 1.33 bits per heavy atom. The Kier molecular flexibility index (Phi) is 6.12. The van der Waals surface area contributed by atoms with Gasteiger partial charge in [0, 0.05) is 18.8 Å². The molecule has 0 aromatic carbocycles. The number of aryl methyl sites for hydroxylation is 1. The summed E-state index contributed by atoms with van der Waals surface area (Å²) in [6.07, 6.45) is 3.34. The van der Waals surface area contributed by atoms with E-state index in [0.29, 0.717) is 6.54 Å². The normalized spacial score (nSPS) is 10.9. The zero-order valence-corrected chi connectivity index (χ0v) is 10.9. The minimum atomic E-state index is 0.636. The summed E-state index contributed by atoms with van der Waals surface area (Å²) in [5.41, 5.74) is 5.54. The van der Waals surface area contributed by atoms with Gasteiger partial charge in [-0.2, -0.15) is 11.8 Å². The molecule has 1 aromatic heterocycles. The second-order valence-electron chi connectivity index (χ2n) is 3.16. The maximum Gasteiger partial charge on any atom is 0.191 e. The number of hydrogen-bond acceptors (Lipinski definition) is 5. The first kappa shape index (κ1) is 12.9. The summed E-state index contributed by atoms with van der Waals surface area (Å²) in [5.74, 6) is 3.26. The molecule has 0 saturated heterocycles. The van der Waals surface area contributed by atoms with Gasteiger partial charge in [-0.15, -0.1) is 10.2 Å². The van der Waals surface area contributed by atoms with Crippen molar-refractivity contribution in [1.29, 1.82) is 0 Å². The Bertz CT molecular complexity index is 288. The second-order valence-corrected chi connectivity index (χ2v) is 5.21. The predicted octanol–water partition coefficient (Wildman–Crippen LogP) is 1.39. The van der Waals surface area contributed by atoms with Crippen molar-refractivity contribution in [2.75, 3.05) is 24.3 Å². The minimum Gasteiger partial charge on any atom is -0.329 e. The van der Waals surface area contributed by atoms with Crippen molar-refractivity contribution in [2.24, 2.45) is 5.73 Å². The molecular weight excluding hydrogens is 228 g/mol. The molecule has 0 aliphatic rings. The van der Waals surface area contributed by atoms with E-state index in [4.69, 9.17) is 5.73 Å². The van der Waals surface area contributed by atoms with Crippen molar-refractivity contribution in [1.82, 2.24) is 14.8 Å². The third-order valence-corrected chi connectivity index (χ3v) is 3.73. The van der Waals surface area contributed by atoms with Crippen LogP contribution in [-0.2, 0) is 6.54 Å². The first-order valence-electron chi connectivity index (χ1n) is 5.01. The molecule has 0 aliphatic heterocycles. The SMILES string of the molecule is CSCCCSc1nnc(C)n1CCN. The summed E-state index contributed by atoms with van der Waals surface area (Å²) in [7, 11) is 0. The number of nitrogens with zero attached hydrogens (tertiary/aromatic N) is 3. The Labute approximate surface area is 99.4 Å². The molecule has 1 heterocycles. The molecule has 15 heavy (non-hydrogen) atoms. The Hall–Kier alpha value is -0.200. The van der Waals surface area contributed by atoms with Crippen LogP contribution in [0.1, 0.15) is 12.2 Å². The van der Waals surface area contributed by atoms with E-state index in [1.54, 1.807) is 11.8 Å². The van der Waals surface area contributed by atoms with Gasteiger partial charge < -0.3 is 10.3 Å². The lowest BCUT2D eigenvalue weighted by Crippen LogP contribution is -2.12. The summed E-state index contributed by atoms with van der Waals surface area (Å²) < 4.78 is 2.09. The molecule has 4 nitrogen and oxygen atoms in total. The highest BCUT2D eigenvalue weighted by molar-refractivity contribution is 7.99. The average Bonchev–Trinajstić information content (AvgIpc) is 2.57. The first-order chi connectivity index (χ1) is 7.29. The van der Waals surface area contributed by atoms with Gasteiger partial charge in [0.15, 0.2) is 5.16 Å². The molecule has 0 aliphatic carbocycles. The van der Waals surface area contributed by atoms with Gasteiger partial charge in [-0.1, -0.05) is 11.8 Å². The molecule has 6 heteroatoms. The molecular formula is C9H18N4S2. The van der Waals surface area contributed by atoms with Gasteiger partial charge >= 0.3 is 0 Å². The fraction of sp³-hybridized carbons (Fsp3) is 0.778. The van der Waals surface area contributed by atoms with Crippen molar-refractivity contribution < 1.29 is 0 Å². The van der Waals surface area contributed by atoms with Crippen molar-refractivity contribution in [2.45, 2.75) is 25.0 Å². The molecule has 1 aromatic rings. The number of nitrogens with two attached hydrogens (primary N) is 1. The van der Waals surface area contributed by atoms with Crippen LogP contribution in [0.4, 0.5) is 0 Å². The van der Waals surface area contributed by atoms with Crippen molar-refractivity contribution in [3.8, 4) is 0 Å². The molecule has 2 N–H and O–H groups in total. The van der Waals surface area contributed by atoms with Crippen LogP contribution in [0.25, 0.3) is 0 Å². The van der Waals surface area contributed by atoms with E-state index in [-0.39, 0.29) is 0 Å². The van der Waals surface area contributed by atoms with Crippen LogP contribution >= 0.6 is 23.5 Å². The summed E-state index contributed by atoms with van der Waals surface area (Å²) in [6, 6.07) is 0. The van der Waals surface area contributed by atoms with Crippen molar-refractivity contribution in [3.05, 3.63) is 5.82 Å². The van der Waals surface area contributed by atoms with E-state index in [1.807, 2.05) is 18.7 Å². The quantitative estimate of drug-likeness (QED) is 0.582. The molecule has 0 unspecified atom stereocenters. The monoisotopic (exact) mass is 246 g/mol. The van der Waals surface area contributed by atoms with Gasteiger partial charge in [-0.25, -0.2) is 0 Å². The standard InChI is InChI=1S/C9H18N4S2/c1-8-11-12-9(13(8)5-4-10)15-7-3-6-14-2/h3-7,10H2,1-2H3. The number of hydrogen-bond donors (Lipinski definition) is 1. The molecule has 0 bridgehead atoms. The predicted molar refractivity (Wildman–Crippen MR) is 67.5 cm³/mol. The maximum atomic E-state index is 5.54. The van der Waals surface area contributed by atoms with Gasteiger partial charge in [-0.3, -0.25) is 0 Å². The molecule has 0 amide bonds. The second kappa shape index (κ2) is 7.14. The van der Waals surface area contributed by atoms with Gasteiger partial charge in [-0.05, 0) is 25.4 Å². The van der Waals surface area contributed by atoms with E-state index in [0.717, 1.165) is 23.3 Å². The van der Waals surface area contributed by atoms with Crippen LogP contribution in [0.5, 0.6) is 0 Å². The summed E-state index contributed by atoms with van der Waals surface area (Å²) in [6.45, 7) is 3.41. The highest BCUT2D eigenvalue weighted by Crippen LogP contribution is 2.17. The van der Waals surface area contributed by atoms with Gasteiger partial charge in [0.25, 0.3) is 0 Å². The lowest BCUT2D eigenvalue weighted by atomic mass is 10.6. The molecule has 1 rings (SSSR count). The van der Waals surface area contributed by atoms with E-state index in [2.05, 4.69) is 21.0 Å². The summed E-state index contributed by atoms with van der Waals surface area (Å²) in [4.78, 5) is 0. The van der Waals surface area contributed by atoms with Crippen molar-refractivity contribution in [3.63, 3.8) is 0 Å². The third-order valence-electron chi connectivity index (χ3n) is 1.98. The van der Waals surface area contributed by atoms with Crippen LogP contribution < -0.4 is 5.73 Å². The number of thioether (sulfide) groups is 2. The Morgan fingerprint density at radius 3 is 2.80 bits per heavy atom. The van der Waals surface area contributed by atoms with E-state index >= 15 is 0 Å². The van der Waals surface area contributed by atoms with Crippen molar-refractivity contribution >= 4 is 23.5 Å². The Morgan fingerprint density at radius 2 is 2.13 bits per heavy atom. The van der Waals surface area contributed by atoms with Crippen LogP contribution in [-0.4, -0.2) is 39.1 Å². The summed E-state index contributed by atoms with van der Waals surface area (Å²) >= 11 is 3.65. The van der Waals surface area contributed by atoms with E-state index in [9.17, 15) is 0 Å². The Balaban J connectivity index is 2.45. The number of aromatic nitrogens is 3. The summed E-state index contributed by atoms with van der Waals surface area (Å²) in [5, 5.41) is 9.21. The van der Waals surface area contributed by atoms with Crippen LogP contribution in [0.15, 0.2) is 5.16 Å². The molecule has 0 fully saturated rings. The smallest absolute Gasteiger partial charge is 0.191 e. The average molecular weight is 246 g/mol. The molecule has 0 spiro atoms.